The van der Waals surface area contributed by atoms with Crippen molar-refractivity contribution < 1.29 is 18.0 Å². The van der Waals surface area contributed by atoms with Crippen molar-refractivity contribution in [2.75, 3.05) is 18.0 Å². The maximum Gasteiger partial charge on any atom is 0.416 e. The summed E-state index contributed by atoms with van der Waals surface area (Å²) in [7, 11) is 0. The van der Waals surface area contributed by atoms with Crippen LogP contribution < -0.4 is 10.6 Å². The fourth-order valence-corrected chi connectivity index (χ4v) is 5.16. The molecule has 0 spiro atoms. The topological polar surface area (TPSA) is 62.5 Å². The van der Waals surface area contributed by atoms with Gasteiger partial charge in [0.1, 0.15) is 5.82 Å². The van der Waals surface area contributed by atoms with Crippen LogP contribution in [0.2, 0.25) is 0 Å². The number of hydrogen-bond acceptors (Lipinski definition) is 3. The number of benzene rings is 2. The van der Waals surface area contributed by atoms with E-state index in [1.807, 2.05) is 30.3 Å². The Hall–Kier alpha value is -3.29. The number of nitrogens with zero attached hydrogens (tertiary/aromatic N) is 3. The van der Waals surface area contributed by atoms with Crippen molar-refractivity contribution in [3.05, 3.63) is 70.8 Å². The lowest BCUT2D eigenvalue weighted by atomic mass is 10.0. The number of para-hydroxylation sites is 1. The zero-order chi connectivity index (χ0) is 25.9. The van der Waals surface area contributed by atoms with Crippen LogP contribution in [-0.2, 0) is 19.3 Å². The molecular weight excluding hydrogens is 465 g/mol. The molecule has 1 aliphatic rings. The molecule has 0 unspecified atom stereocenters. The van der Waals surface area contributed by atoms with Gasteiger partial charge in [0.25, 0.3) is 0 Å². The minimum absolute atomic E-state index is 0.0267. The Morgan fingerprint density at radius 1 is 1.08 bits per heavy atom. The summed E-state index contributed by atoms with van der Waals surface area (Å²) in [6.45, 7) is 5.48. The second-order valence-electron chi connectivity index (χ2n) is 9.75. The highest BCUT2D eigenvalue weighted by molar-refractivity contribution is 5.82. The molecule has 1 fully saturated rings. The first-order chi connectivity index (χ1) is 17.1. The molecule has 192 valence electrons. The first-order valence-electron chi connectivity index (χ1n) is 12.5. The van der Waals surface area contributed by atoms with Crippen LogP contribution in [0, 0.1) is 12.8 Å². The Morgan fingerprint density at radius 3 is 2.47 bits per heavy atom. The van der Waals surface area contributed by atoms with Gasteiger partial charge in [0.2, 0.25) is 0 Å². The molecule has 36 heavy (non-hydrogen) atoms. The van der Waals surface area contributed by atoms with Gasteiger partial charge in [-0.25, -0.2) is 9.78 Å². The zero-order valence-electron chi connectivity index (χ0n) is 20.8. The van der Waals surface area contributed by atoms with Gasteiger partial charge in [0, 0.05) is 30.6 Å². The fraction of sp³-hybridized carbons (Fsp3) is 0.429. The van der Waals surface area contributed by atoms with E-state index in [9.17, 15) is 18.0 Å². The molecule has 0 radical (unpaired) electrons. The maximum absolute atomic E-state index is 13.4. The number of amides is 2. The second kappa shape index (κ2) is 10.8. The van der Waals surface area contributed by atoms with Gasteiger partial charge in [-0.2, -0.15) is 13.2 Å². The van der Waals surface area contributed by atoms with Crippen molar-refractivity contribution in [3.8, 4) is 0 Å². The number of alkyl halides is 3. The summed E-state index contributed by atoms with van der Waals surface area (Å²) in [6.07, 6.45) is 0.414. The standard InChI is InChI=1S/C28H33F3N4O/c1-3-34(16-20-8-4-5-9-20)26-23(15-22-10-6-7-11-25(22)33-26)18-35(27(32)36)17-21-12-19(2)13-24(14-21)28(29,30)31/h6-7,10-15,20H,3-5,8-9,16-18H2,1-2H3,(H2,32,36). The van der Waals surface area contributed by atoms with Crippen molar-refractivity contribution in [1.29, 1.82) is 0 Å². The molecule has 1 aromatic heterocycles. The van der Waals surface area contributed by atoms with Crippen LogP contribution in [0.5, 0.6) is 0 Å². The Kier molecular flexibility index (Phi) is 7.71. The molecule has 4 rings (SSSR count). The molecular formula is C28H33F3N4O. The summed E-state index contributed by atoms with van der Waals surface area (Å²) in [5.41, 5.74) is 7.55. The highest BCUT2D eigenvalue weighted by Gasteiger charge is 2.31. The van der Waals surface area contributed by atoms with Crippen molar-refractivity contribution in [2.24, 2.45) is 11.7 Å². The second-order valence-corrected chi connectivity index (χ2v) is 9.75. The van der Waals surface area contributed by atoms with E-state index in [1.54, 1.807) is 13.0 Å². The van der Waals surface area contributed by atoms with Crippen molar-refractivity contribution in [2.45, 2.75) is 58.8 Å². The van der Waals surface area contributed by atoms with Crippen molar-refractivity contribution in [3.63, 3.8) is 0 Å². The number of nitrogens with two attached hydrogens (primary N) is 1. The van der Waals surface area contributed by atoms with E-state index in [-0.39, 0.29) is 13.1 Å². The Labute approximate surface area is 210 Å². The highest BCUT2D eigenvalue weighted by Crippen LogP contribution is 2.32. The van der Waals surface area contributed by atoms with Gasteiger partial charge in [-0.05, 0) is 62.4 Å². The summed E-state index contributed by atoms with van der Waals surface area (Å²) in [4.78, 5) is 21.1. The summed E-state index contributed by atoms with van der Waals surface area (Å²) in [5.74, 6) is 1.40. The number of fused-ring (bicyclic) bond motifs is 1. The number of carbonyl (C=O) groups excluding carboxylic acids is 1. The quantitative estimate of drug-likeness (QED) is 0.378. The molecule has 1 saturated carbocycles. The predicted molar refractivity (Wildman–Crippen MR) is 137 cm³/mol. The average Bonchev–Trinajstić information content (AvgIpc) is 3.34. The number of aromatic nitrogens is 1. The van der Waals surface area contributed by atoms with Gasteiger partial charge in [-0.1, -0.05) is 42.7 Å². The van der Waals surface area contributed by atoms with E-state index in [0.717, 1.165) is 47.5 Å². The molecule has 0 saturated heterocycles. The lowest BCUT2D eigenvalue weighted by Gasteiger charge is -2.29. The first kappa shape index (κ1) is 25.8. The first-order valence-corrected chi connectivity index (χ1v) is 12.5. The zero-order valence-corrected chi connectivity index (χ0v) is 20.8. The van der Waals surface area contributed by atoms with Crippen LogP contribution in [0.15, 0.2) is 48.5 Å². The smallest absolute Gasteiger partial charge is 0.356 e. The lowest BCUT2D eigenvalue weighted by Crippen LogP contribution is -2.36. The van der Waals surface area contributed by atoms with Gasteiger partial charge in [-0.15, -0.1) is 0 Å². The van der Waals surface area contributed by atoms with E-state index < -0.39 is 17.8 Å². The monoisotopic (exact) mass is 498 g/mol. The number of anilines is 1. The average molecular weight is 499 g/mol. The van der Waals surface area contributed by atoms with Crippen LogP contribution in [-0.4, -0.2) is 29.0 Å². The Balaban J connectivity index is 1.69. The van der Waals surface area contributed by atoms with Gasteiger partial charge < -0.3 is 15.5 Å². The summed E-state index contributed by atoms with van der Waals surface area (Å²) in [6, 6.07) is 13.0. The highest BCUT2D eigenvalue weighted by atomic mass is 19.4. The van der Waals surface area contributed by atoms with Crippen LogP contribution in [0.1, 0.15) is 54.9 Å². The van der Waals surface area contributed by atoms with Gasteiger partial charge in [-0.3, -0.25) is 0 Å². The predicted octanol–water partition coefficient (Wildman–Crippen LogP) is 6.66. The molecule has 0 aliphatic heterocycles. The minimum atomic E-state index is -4.46. The number of hydrogen-bond donors (Lipinski definition) is 1. The molecule has 3 aromatic rings. The molecule has 8 heteroatoms. The third kappa shape index (κ3) is 6.09. The number of primary amides is 1. The van der Waals surface area contributed by atoms with E-state index in [2.05, 4.69) is 11.8 Å². The largest absolute Gasteiger partial charge is 0.416 e. The number of carbonyl (C=O) groups is 1. The number of halogens is 3. The summed E-state index contributed by atoms with van der Waals surface area (Å²) < 4.78 is 40.1. The molecule has 1 heterocycles. The third-order valence-electron chi connectivity index (χ3n) is 6.93. The number of aryl methyl sites for hydroxylation is 1. The van der Waals surface area contributed by atoms with E-state index >= 15 is 0 Å². The molecule has 2 N–H and O–H groups in total. The summed E-state index contributed by atoms with van der Waals surface area (Å²) >= 11 is 0. The molecule has 2 amide bonds. The Morgan fingerprint density at radius 2 is 1.81 bits per heavy atom. The van der Waals surface area contributed by atoms with Crippen LogP contribution in [0.25, 0.3) is 10.9 Å². The lowest BCUT2D eigenvalue weighted by molar-refractivity contribution is -0.137. The Bertz CT molecular complexity index is 1220. The molecule has 0 atom stereocenters. The van der Waals surface area contributed by atoms with E-state index in [4.69, 9.17) is 10.7 Å². The third-order valence-corrected chi connectivity index (χ3v) is 6.93. The van der Waals surface area contributed by atoms with Gasteiger partial charge >= 0.3 is 12.2 Å². The van der Waals surface area contributed by atoms with Crippen LogP contribution in [0.4, 0.5) is 23.8 Å². The van der Waals surface area contributed by atoms with Crippen molar-refractivity contribution >= 4 is 22.8 Å². The minimum Gasteiger partial charge on any atom is -0.356 e. The van der Waals surface area contributed by atoms with Gasteiger partial charge in [0.05, 0.1) is 17.6 Å². The van der Waals surface area contributed by atoms with Crippen molar-refractivity contribution in [1.82, 2.24) is 9.88 Å². The maximum atomic E-state index is 13.4. The van der Waals surface area contributed by atoms with E-state index in [1.165, 1.54) is 30.6 Å². The molecule has 5 nitrogen and oxygen atoms in total. The summed E-state index contributed by atoms with van der Waals surface area (Å²) in [5, 5.41) is 0.938. The van der Waals surface area contributed by atoms with E-state index in [0.29, 0.717) is 17.0 Å². The van der Waals surface area contributed by atoms with Crippen LogP contribution >= 0.6 is 0 Å². The molecule has 0 bridgehead atoms. The number of pyridine rings is 1. The van der Waals surface area contributed by atoms with Gasteiger partial charge in [0.15, 0.2) is 0 Å². The SMILES string of the molecule is CCN(CC1CCCC1)c1nc2ccccc2cc1CN(Cc1cc(C)cc(C(F)(F)F)c1)C(N)=O. The normalized spacial score (nSPS) is 14.4. The molecule has 2 aromatic carbocycles. The van der Waals surface area contributed by atoms with Crippen LogP contribution in [0.3, 0.4) is 0 Å². The fourth-order valence-electron chi connectivity index (χ4n) is 5.16. The molecule has 1 aliphatic carbocycles. The number of rotatable bonds is 8. The number of urea groups is 1.